The second-order valence-electron chi connectivity index (χ2n) is 2.56. The van der Waals surface area contributed by atoms with Crippen LogP contribution in [-0.2, 0) is 0 Å². The molecule has 0 saturated carbocycles. The summed E-state index contributed by atoms with van der Waals surface area (Å²) in [7, 11) is -2.90. The molecule has 0 bridgehead atoms. The predicted molar refractivity (Wildman–Crippen MR) is 51.8 cm³/mol. The van der Waals surface area contributed by atoms with Gasteiger partial charge in [0.05, 0.1) is 31.7 Å². The van der Waals surface area contributed by atoms with E-state index in [9.17, 15) is 4.79 Å². The minimum absolute atomic E-state index is 0.0531. The van der Waals surface area contributed by atoms with E-state index in [4.69, 9.17) is 13.3 Å². The average Bonchev–Trinajstić information content (AvgIpc) is 2.75. The summed E-state index contributed by atoms with van der Waals surface area (Å²) in [5, 5.41) is 8.87. The lowest BCUT2D eigenvalue weighted by Gasteiger charge is -2.01. The molecule has 2 rings (SSSR count). The number of carboxylic acid groups (broad SMARTS) is 1. The SMILES string of the molecule is [2H]c1c([2H])c(OC([2H])([2H])[2H])c2c(C(=O)O)c[nH]c2c1[2H]. The number of nitrogens with one attached hydrogen (secondary N) is 1. The van der Waals surface area contributed by atoms with Gasteiger partial charge in [0.1, 0.15) is 5.75 Å². The number of methoxy groups -OCH3 is 1. The largest absolute Gasteiger partial charge is 0.496 e. The average molecular weight is 197 g/mol. The van der Waals surface area contributed by atoms with Crippen molar-refractivity contribution in [1.82, 2.24) is 4.98 Å². The molecule has 2 aromatic rings. The maximum absolute atomic E-state index is 11.1. The number of benzene rings is 1. The number of H-pyrrole nitrogens is 1. The smallest absolute Gasteiger partial charge is 0.338 e. The minimum atomic E-state index is -2.90. The van der Waals surface area contributed by atoms with E-state index in [1.54, 1.807) is 0 Å². The quantitative estimate of drug-likeness (QED) is 0.772. The predicted octanol–water partition coefficient (Wildman–Crippen LogP) is 1.87. The zero-order valence-corrected chi connectivity index (χ0v) is 6.84. The third kappa shape index (κ3) is 1.12. The summed E-state index contributed by atoms with van der Waals surface area (Å²) < 4.78 is 48.8. The number of hydrogen-bond acceptors (Lipinski definition) is 2. The van der Waals surface area contributed by atoms with Gasteiger partial charge in [-0.1, -0.05) is 6.04 Å². The number of aromatic carboxylic acids is 1. The first-order valence-electron chi connectivity index (χ1n) is 6.66. The van der Waals surface area contributed by atoms with Crippen LogP contribution in [0.25, 0.3) is 10.9 Å². The van der Waals surface area contributed by atoms with Crippen molar-refractivity contribution in [3.63, 3.8) is 0 Å². The number of carbonyl (C=O) groups is 1. The van der Waals surface area contributed by atoms with Crippen LogP contribution in [0, 0.1) is 0 Å². The zero-order chi connectivity index (χ0) is 15.2. The molecule has 0 radical (unpaired) electrons. The Bertz CT molecular complexity index is 705. The van der Waals surface area contributed by atoms with Crippen molar-refractivity contribution in [1.29, 1.82) is 0 Å². The highest BCUT2D eigenvalue weighted by atomic mass is 16.5. The molecule has 4 heteroatoms. The molecular weight excluding hydrogens is 182 g/mol. The molecule has 0 aliphatic heterocycles. The number of ether oxygens (including phenoxy) is 1. The van der Waals surface area contributed by atoms with E-state index in [0.29, 0.717) is 0 Å². The van der Waals surface area contributed by atoms with Crippen LogP contribution in [0.4, 0.5) is 0 Å². The Morgan fingerprint density at radius 3 is 3.29 bits per heavy atom. The van der Waals surface area contributed by atoms with Crippen molar-refractivity contribution in [2.45, 2.75) is 0 Å². The van der Waals surface area contributed by atoms with E-state index in [1.807, 2.05) is 0 Å². The maximum atomic E-state index is 11.1. The molecule has 0 spiro atoms. The van der Waals surface area contributed by atoms with Crippen LogP contribution in [0.3, 0.4) is 0 Å². The molecule has 1 aromatic carbocycles. The first-order valence-corrected chi connectivity index (χ1v) is 3.66. The second-order valence-corrected chi connectivity index (χ2v) is 2.56. The molecule has 0 amide bonds. The Morgan fingerprint density at radius 2 is 2.57 bits per heavy atom. The topological polar surface area (TPSA) is 62.3 Å². The third-order valence-corrected chi connectivity index (χ3v) is 1.80. The standard InChI is InChI=1S/C10H9NO3/c1-14-8-4-2-3-7-9(8)6(5-11-7)10(12)13/h2-5,11H,1H3,(H,12,13)/i1D3,2D,3D,4D. The molecule has 0 aliphatic carbocycles. The van der Waals surface area contributed by atoms with Crippen molar-refractivity contribution in [3.8, 4) is 5.75 Å². The van der Waals surface area contributed by atoms with Gasteiger partial charge in [-0.05, 0) is 12.1 Å². The van der Waals surface area contributed by atoms with Crippen LogP contribution in [0.5, 0.6) is 5.75 Å². The van der Waals surface area contributed by atoms with Gasteiger partial charge in [0.2, 0.25) is 0 Å². The summed E-state index contributed by atoms with van der Waals surface area (Å²) in [6, 6.07) is -1.58. The van der Waals surface area contributed by atoms with Crippen LogP contribution < -0.4 is 4.74 Å². The summed E-state index contributed by atoms with van der Waals surface area (Å²) in [6.45, 7) is 0. The van der Waals surface area contributed by atoms with E-state index < -0.39 is 36.9 Å². The molecule has 0 aliphatic rings. The lowest BCUT2D eigenvalue weighted by Crippen LogP contribution is -1.95. The summed E-state index contributed by atoms with van der Waals surface area (Å²) in [6.07, 6.45) is 1.07. The van der Waals surface area contributed by atoms with Gasteiger partial charge in [0.25, 0.3) is 0 Å². The number of rotatable bonds is 2. The molecule has 1 heterocycles. The van der Waals surface area contributed by atoms with E-state index in [2.05, 4.69) is 9.72 Å². The van der Waals surface area contributed by atoms with Gasteiger partial charge < -0.3 is 14.8 Å². The summed E-state index contributed by atoms with van der Waals surface area (Å²) in [4.78, 5) is 13.6. The highest BCUT2D eigenvalue weighted by Crippen LogP contribution is 2.28. The van der Waals surface area contributed by atoms with Gasteiger partial charge in [0.15, 0.2) is 0 Å². The van der Waals surface area contributed by atoms with Gasteiger partial charge in [-0.2, -0.15) is 0 Å². The monoisotopic (exact) mass is 197 g/mol. The fourth-order valence-electron chi connectivity index (χ4n) is 1.22. The van der Waals surface area contributed by atoms with E-state index >= 15 is 0 Å². The summed E-state index contributed by atoms with van der Waals surface area (Å²) in [5.41, 5.74) is -0.371. The number of aromatic nitrogens is 1. The van der Waals surface area contributed by atoms with Crippen molar-refractivity contribution in [2.75, 3.05) is 7.04 Å². The van der Waals surface area contributed by atoms with Gasteiger partial charge in [-0.15, -0.1) is 0 Å². The van der Waals surface area contributed by atoms with E-state index in [0.717, 1.165) is 6.20 Å². The molecular formula is C10H9NO3. The highest BCUT2D eigenvalue weighted by Gasteiger charge is 2.13. The van der Waals surface area contributed by atoms with Crippen LogP contribution in [0.1, 0.15) is 18.6 Å². The van der Waals surface area contributed by atoms with Gasteiger partial charge >= 0.3 is 5.97 Å². The van der Waals surface area contributed by atoms with E-state index in [-0.39, 0.29) is 16.5 Å². The molecule has 0 fully saturated rings. The fraction of sp³-hybridized carbons (Fsp3) is 0.100. The van der Waals surface area contributed by atoms with Gasteiger partial charge in [0, 0.05) is 6.20 Å². The van der Waals surface area contributed by atoms with Gasteiger partial charge in [-0.3, -0.25) is 0 Å². The summed E-state index contributed by atoms with van der Waals surface area (Å²) >= 11 is 0. The van der Waals surface area contributed by atoms with Crippen LogP contribution in [0.15, 0.2) is 24.3 Å². The minimum Gasteiger partial charge on any atom is -0.496 e. The second kappa shape index (κ2) is 3.06. The van der Waals surface area contributed by atoms with Crippen molar-refractivity contribution in [2.24, 2.45) is 0 Å². The normalized spacial score (nSPS) is 17.4. The Morgan fingerprint density at radius 1 is 1.71 bits per heavy atom. The zero-order valence-electron chi connectivity index (χ0n) is 12.8. The van der Waals surface area contributed by atoms with Crippen LogP contribution in [0.2, 0.25) is 0 Å². The summed E-state index contributed by atoms with van der Waals surface area (Å²) in [5.74, 6) is -1.90. The number of fused-ring (bicyclic) bond motifs is 1. The molecule has 2 N–H and O–H groups in total. The molecule has 0 saturated heterocycles. The molecule has 0 unspecified atom stereocenters. The van der Waals surface area contributed by atoms with Gasteiger partial charge in [-0.25, -0.2) is 4.79 Å². The maximum Gasteiger partial charge on any atom is 0.338 e. The Hall–Kier alpha value is -1.97. The lowest BCUT2D eigenvalue weighted by molar-refractivity contribution is 0.0699. The highest BCUT2D eigenvalue weighted by molar-refractivity contribution is 6.05. The Balaban J connectivity index is 2.88. The molecule has 0 atom stereocenters. The van der Waals surface area contributed by atoms with E-state index in [1.165, 1.54) is 0 Å². The van der Waals surface area contributed by atoms with Crippen molar-refractivity contribution in [3.05, 3.63) is 29.9 Å². The lowest BCUT2D eigenvalue weighted by atomic mass is 10.1. The molecule has 14 heavy (non-hydrogen) atoms. The Kier molecular flexibility index (Phi) is 0.885. The number of aromatic amines is 1. The fourth-order valence-corrected chi connectivity index (χ4v) is 1.22. The van der Waals surface area contributed by atoms with Crippen LogP contribution >= 0.6 is 0 Å². The molecule has 72 valence electrons. The molecule has 1 aromatic heterocycles. The number of carboxylic acids is 1. The third-order valence-electron chi connectivity index (χ3n) is 1.80. The van der Waals surface area contributed by atoms with Crippen molar-refractivity contribution < 1.29 is 22.9 Å². The first kappa shape index (κ1) is 4.04. The first-order chi connectivity index (χ1) is 9.13. The van der Waals surface area contributed by atoms with Crippen molar-refractivity contribution >= 4 is 16.9 Å². The number of hydrogen-bond donors (Lipinski definition) is 2. The molecule has 4 nitrogen and oxygen atoms in total. The van der Waals surface area contributed by atoms with Crippen LogP contribution in [-0.4, -0.2) is 23.1 Å². The Labute approximate surface area is 88.6 Å².